The number of pyridine rings is 1. The molecule has 2 atom stereocenters. The smallest absolute Gasteiger partial charge is 0.213 e. The van der Waals surface area contributed by atoms with Gasteiger partial charge in [0, 0.05) is 22.7 Å². The number of aromatic nitrogens is 1. The molecule has 0 aliphatic heterocycles. The first-order chi connectivity index (χ1) is 7.56. The van der Waals surface area contributed by atoms with Crippen molar-refractivity contribution in [2.24, 2.45) is 5.11 Å². The number of hydrogen-bond acceptors (Lipinski definition) is 4. The molecule has 0 bridgehead atoms. The summed E-state index contributed by atoms with van der Waals surface area (Å²) in [6.07, 6.45) is -1.76. The van der Waals surface area contributed by atoms with Gasteiger partial charge in [0.25, 0.3) is 0 Å². The van der Waals surface area contributed by atoms with E-state index in [1.165, 1.54) is 0 Å². The Morgan fingerprint density at radius 3 is 2.94 bits per heavy atom. The quantitative estimate of drug-likeness (QED) is 0.365. The van der Waals surface area contributed by atoms with E-state index in [4.69, 9.17) is 17.1 Å². The number of azide groups is 1. The average molecular weight is 247 g/mol. The fourth-order valence-electron chi connectivity index (χ4n) is 1.08. The molecule has 0 saturated carbocycles. The predicted octanol–water partition coefficient (Wildman–Crippen LogP) is 1.58. The Hall–Kier alpha value is -1.40. The molecule has 0 spiro atoms. The van der Waals surface area contributed by atoms with E-state index in [0.717, 1.165) is 12.3 Å². The van der Waals surface area contributed by atoms with E-state index in [2.05, 4.69) is 15.0 Å². The fourth-order valence-corrected chi connectivity index (χ4v) is 1.30. The minimum absolute atomic E-state index is 0.00481. The maximum Gasteiger partial charge on any atom is 0.213 e. The molecule has 0 aliphatic rings. The molecule has 6 nitrogen and oxygen atoms in total. The number of rotatable bonds is 4. The molecular weight excluding hydrogens is 239 g/mol. The van der Waals surface area contributed by atoms with Crippen LogP contribution in [0.4, 0.5) is 4.39 Å². The van der Waals surface area contributed by atoms with Gasteiger partial charge in [-0.05, 0) is 5.53 Å². The Morgan fingerprint density at radius 1 is 1.62 bits per heavy atom. The van der Waals surface area contributed by atoms with Gasteiger partial charge in [-0.3, -0.25) is 0 Å². The van der Waals surface area contributed by atoms with E-state index in [0.29, 0.717) is 0 Å². The maximum atomic E-state index is 12.8. The van der Waals surface area contributed by atoms with E-state index in [1.54, 1.807) is 0 Å². The van der Waals surface area contributed by atoms with Crippen LogP contribution in [0.5, 0.6) is 0 Å². The summed E-state index contributed by atoms with van der Waals surface area (Å²) >= 11 is 5.67. The molecule has 0 saturated heterocycles. The lowest BCUT2D eigenvalue weighted by Gasteiger charge is -2.17. The van der Waals surface area contributed by atoms with Crippen molar-refractivity contribution in [2.45, 2.75) is 12.2 Å². The van der Waals surface area contributed by atoms with Crippen LogP contribution in [0.1, 0.15) is 11.7 Å². The van der Waals surface area contributed by atoms with Crippen molar-refractivity contribution in [3.63, 3.8) is 0 Å². The second-order valence-corrected chi connectivity index (χ2v) is 3.36. The van der Waals surface area contributed by atoms with Gasteiger partial charge in [-0.15, -0.1) is 0 Å². The highest BCUT2D eigenvalue weighted by Gasteiger charge is 2.21. The normalized spacial score (nSPS) is 14.0. The monoisotopic (exact) mass is 246 g/mol. The van der Waals surface area contributed by atoms with E-state index < -0.39 is 18.2 Å². The summed E-state index contributed by atoms with van der Waals surface area (Å²) in [7, 11) is 0. The summed E-state index contributed by atoms with van der Waals surface area (Å²) in [6, 6.07) is 0.909. The predicted molar refractivity (Wildman–Crippen MR) is 54.2 cm³/mol. The van der Waals surface area contributed by atoms with Crippen LogP contribution in [-0.4, -0.2) is 27.8 Å². The molecule has 1 rings (SSSR count). The highest BCUT2D eigenvalue weighted by molar-refractivity contribution is 6.31. The second kappa shape index (κ2) is 5.62. The van der Waals surface area contributed by atoms with Crippen LogP contribution in [-0.2, 0) is 0 Å². The highest BCUT2D eigenvalue weighted by Crippen LogP contribution is 2.25. The molecular formula is C8H8ClFN4O2. The van der Waals surface area contributed by atoms with E-state index in [-0.39, 0.29) is 17.1 Å². The Bertz CT molecular complexity index is 424. The number of halogens is 2. The van der Waals surface area contributed by atoms with Crippen LogP contribution in [0.3, 0.4) is 0 Å². The zero-order valence-electron chi connectivity index (χ0n) is 7.96. The zero-order valence-corrected chi connectivity index (χ0v) is 8.71. The minimum Gasteiger partial charge on any atom is -0.390 e. The molecule has 8 heteroatoms. The standard InChI is InChI=1S/C8H8ClFN4O2/c9-5-2-12-7(10)1-4(5)8(16)6(15)3-13-14-11/h1-2,6,8,15-16H,3H2. The molecule has 0 fully saturated rings. The summed E-state index contributed by atoms with van der Waals surface area (Å²) < 4.78 is 12.8. The van der Waals surface area contributed by atoms with Crippen molar-refractivity contribution in [3.05, 3.63) is 39.2 Å². The van der Waals surface area contributed by atoms with Crippen molar-refractivity contribution >= 4 is 11.6 Å². The molecule has 1 aromatic rings. The van der Waals surface area contributed by atoms with Gasteiger partial charge in [-0.2, -0.15) is 4.39 Å². The van der Waals surface area contributed by atoms with Crippen LogP contribution in [0.25, 0.3) is 10.4 Å². The van der Waals surface area contributed by atoms with E-state index in [9.17, 15) is 14.6 Å². The molecule has 16 heavy (non-hydrogen) atoms. The molecule has 2 unspecified atom stereocenters. The molecule has 0 aliphatic carbocycles. The SMILES string of the molecule is [N-]=[N+]=NCC(O)C(O)c1cc(F)ncc1Cl. The number of aliphatic hydroxyl groups excluding tert-OH is 2. The summed E-state index contributed by atoms with van der Waals surface area (Å²) in [6.45, 7) is -0.335. The van der Waals surface area contributed by atoms with E-state index >= 15 is 0 Å². The Balaban J connectivity index is 2.90. The maximum absolute atomic E-state index is 12.8. The summed E-state index contributed by atoms with van der Waals surface area (Å²) in [5, 5.41) is 22.1. The van der Waals surface area contributed by atoms with Crippen LogP contribution in [0.2, 0.25) is 5.02 Å². The number of nitrogens with zero attached hydrogens (tertiary/aromatic N) is 4. The van der Waals surface area contributed by atoms with Crippen molar-refractivity contribution in [1.82, 2.24) is 4.98 Å². The Morgan fingerprint density at radius 2 is 2.31 bits per heavy atom. The first-order valence-electron chi connectivity index (χ1n) is 4.24. The molecule has 1 aromatic heterocycles. The molecule has 0 aromatic carbocycles. The summed E-state index contributed by atoms with van der Waals surface area (Å²) in [5.74, 6) is -0.825. The molecule has 86 valence electrons. The number of hydrogen-bond donors (Lipinski definition) is 2. The lowest BCUT2D eigenvalue weighted by molar-refractivity contribution is 0.0242. The zero-order chi connectivity index (χ0) is 12.1. The van der Waals surface area contributed by atoms with Crippen molar-refractivity contribution < 1.29 is 14.6 Å². The first-order valence-corrected chi connectivity index (χ1v) is 4.62. The fraction of sp³-hybridized carbons (Fsp3) is 0.375. The van der Waals surface area contributed by atoms with Crippen molar-refractivity contribution in [3.8, 4) is 0 Å². The lowest BCUT2D eigenvalue weighted by Crippen LogP contribution is -2.21. The van der Waals surface area contributed by atoms with Crippen LogP contribution >= 0.6 is 11.6 Å². The van der Waals surface area contributed by atoms with Crippen LogP contribution in [0, 0.1) is 5.95 Å². The molecule has 1 heterocycles. The second-order valence-electron chi connectivity index (χ2n) is 2.95. The van der Waals surface area contributed by atoms with Gasteiger partial charge in [-0.25, -0.2) is 4.98 Å². The van der Waals surface area contributed by atoms with Crippen molar-refractivity contribution in [1.29, 1.82) is 0 Å². The van der Waals surface area contributed by atoms with Gasteiger partial charge in [0.2, 0.25) is 5.95 Å². The number of aliphatic hydroxyl groups is 2. The first kappa shape index (κ1) is 12.7. The topological polar surface area (TPSA) is 102 Å². The third kappa shape index (κ3) is 3.04. The highest BCUT2D eigenvalue weighted by atomic mass is 35.5. The van der Waals surface area contributed by atoms with Crippen LogP contribution in [0.15, 0.2) is 17.4 Å². The lowest BCUT2D eigenvalue weighted by atomic mass is 10.1. The molecule has 2 N–H and O–H groups in total. The van der Waals surface area contributed by atoms with Gasteiger partial charge >= 0.3 is 0 Å². The average Bonchev–Trinajstić information content (AvgIpc) is 2.28. The third-order valence-corrected chi connectivity index (χ3v) is 2.18. The minimum atomic E-state index is -1.43. The van der Waals surface area contributed by atoms with Crippen LogP contribution < -0.4 is 0 Å². The Kier molecular flexibility index (Phi) is 4.45. The van der Waals surface area contributed by atoms with Crippen molar-refractivity contribution in [2.75, 3.05) is 6.54 Å². The molecule has 0 radical (unpaired) electrons. The van der Waals surface area contributed by atoms with E-state index in [1.807, 2.05) is 0 Å². The van der Waals surface area contributed by atoms with Gasteiger partial charge in [0.15, 0.2) is 0 Å². The summed E-state index contributed by atoms with van der Waals surface area (Å²) in [4.78, 5) is 5.70. The van der Waals surface area contributed by atoms with Gasteiger partial charge in [0.1, 0.15) is 6.10 Å². The third-order valence-electron chi connectivity index (χ3n) is 1.87. The Labute approximate surface area is 94.9 Å². The van der Waals surface area contributed by atoms with Gasteiger partial charge in [0.05, 0.1) is 17.7 Å². The van der Waals surface area contributed by atoms with Gasteiger partial charge in [-0.1, -0.05) is 16.7 Å². The largest absolute Gasteiger partial charge is 0.390 e. The summed E-state index contributed by atoms with van der Waals surface area (Å²) in [5.41, 5.74) is 8.03. The van der Waals surface area contributed by atoms with Gasteiger partial charge < -0.3 is 10.2 Å². The molecule has 0 amide bonds.